The van der Waals surface area contributed by atoms with E-state index in [0.717, 1.165) is 27.6 Å². The summed E-state index contributed by atoms with van der Waals surface area (Å²) in [4.78, 5) is 8.85. The highest BCUT2D eigenvalue weighted by Crippen LogP contribution is 2.24. The number of hydrogen-bond donors (Lipinski definition) is 2. The second-order valence-corrected chi connectivity index (χ2v) is 7.00. The lowest BCUT2D eigenvalue weighted by Gasteiger charge is -2.21. The predicted molar refractivity (Wildman–Crippen MR) is 92.3 cm³/mol. The molecule has 0 aliphatic rings. The number of benzene rings is 1. The molecule has 0 saturated carbocycles. The smallest absolute Gasteiger partial charge is 0.136 e. The molecule has 0 saturated heterocycles. The molecule has 0 spiro atoms. The van der Waals surface area contributed by atoms with Crippen molar-refractivity contribution in [2.24, 2.45) is 0 Å². The number of rotatable bonds is 3. The molecular formula is C16H21BrN4. The van der Waals surface area contributed by atoms with Crippen LogP contribution in [0.25, 0.3) is 0 Å². The van der Waals surface area contributed by atoms with Crippen molar-refractivity contribution in [1.82, 2.24) is 9.97 Å². The van der Waals surface area contributed by atoms with E-state index < -0.39 is 0 Å². The Labute approximate surface area is 134 Å². The molecule has 2 rings (SSSR count). The van der Waals surface area contributed by atoms with E-state index in [9.17, 15) is 0 Å². The van der Waals surface area contributed by atoms with Gasteiger partial charge in [0.15, 0.2) is 0 Å². The van der Waals surface area contributed by atoms with Crippen LogP contribution in [-0.4, -0.2) is 15.5 Å². The fourth-order valence-electron chi connectivity index (χ4n) is 1.90. The van der Waals surface area contributed by atoms with Gasteiger partial charge < -0.3 is 10.6 Å². The van der Waals surface area contributed by atoms with E-state index in [4.69, 9.17) is 0 Å². The number of nitrogens with zero attached hydrogens (tertiary/aromatic N) is 2. The molecule has 112 valence electrons. The Morgan fingerprint density at radius 2 is 1.67 bits per heavy atom. The summed E-state index contributed by atoms with van der Waals surface area (Å²) < 4.78 is 1.08. The first kappa shape index (κ1) is 15.8. The number of anilines is 3. The summed E-state index contributed by atoms with van der Waals surface area (Å²) >= 11 is 3.54. The molecule has 0 bridgehead atoms. The van der Waals surface area contributed by atoms with E-state index in [1.54, 1.807) is 0 Å². The molecule has 1 aromatic heterocycles. The summed E-state index contributed by atoms with van der Waals surface area (Å²) in [5.41, 5.74) is 2.16. The van der Waals surface area contributed by atoms with Crippen molar-refractivity contribution in [3.63, 3.8) is 0 Å². The molecule has 1 heterocycles. The zero-order chi connectivity index (χ0) is 15.6. The Hall–Kier alpha value is -1.62. The molecule has 4 nitrogen and oxygen atoms in total. The van der Waals surface area contributed by atoms with Crippen LogP contribution in [0.2, 0.25) is 0 Å². The van der Waals surface area contributed by atoms with Crippen LogP contribution >= 0.6 is 15.9 Å². The van der Waals surface area contributed by atoms with E-state index in [2.05, 4.69) is 70.3 Å². The van der Waals surface area contributed by atoms with Gasteiger partial charge in [0, 0.05) is 21.8 Å². The second kappa shape index (κ2) is 6.02. The third kappa shape index (κ3) is 4.70. The maximum atomic E-state index is 4.43. The highest BCUT2D eigenvalue weighted by molar-refractivity contribution is 9.10. The number of aromatic nitrogens is 2. The van der Waals surface area contributed by atoms with Crippen molar-refractivity contribution in [1.29, 1.82) is 0 Å². The van der Waals surface area contributed by atoms with Crippen molar-refractivity contribution in [3.8, 4) is 0 Å². The fraction of sp³-hybridized carbons (Fsp3) is 0.375. The standard InChI is InChI=1S/C16H21BrN4/c1-10-6-7-12(8-13(10)17)20-14-9-15(19-11(2)18-14)21-16(3,4)5/h6-9H,1-5H3,(H2,18,19,20,21). The van der Waals surface area contributed by atoms with Crippen LogP contribution in [0.15, 0.2) is 28.7 Å². The van der Waals surface area contributed by atoms with Gasteiger partial charge in [0.05, 0.1) is 0 Å². The molecule has 2 aromatic rings. The lowest BCUT2D eigenvalue weighted by atomic mass is 10.1. The van der Waals surface area contributed by atoms with Gasteiger partial charge in [0.1, 0.15) is 17.5 Å². The first-order chi connectivity index (χ1) is 9.73. The summed E-state index contributed by atoms with van der Waals surface area (Å²) in [5, 5.41) is 6.69. The summed E-state index contributed by atoms with van der Waals surface area (Å²) in [6.45, 7) is 10.3. The quantitative estimate of drug-likeness (QED) is 0.835. The zero-order valence-corrected chi connectivity index (χ0v) is 14.7. The molecule has 0 fully saturated rings. The maximum absolute atomic E-state index is 4.43. The SMILES string of the molecule is Cc1nc(Nc2ccc(C)c(Br)c2)cc(NC(C)(C)C)n1. The lowest BCUT2D eigenvalue weighted by Crippen LogP contribution is -2.26. The van der Waals surface area contributed by atoms with E-state index in [1.165, 1.54) is 5.56 Å². The number of hydrogen-bond acceptors (Lipinski definition) is 4. The number of halogens is 1. The molecule has 0 aliphatic carbocycles. The van der Waals surface area contributed by atoms with E-state index >= 15 is 0 Å². The number of nitrogens with one attached hydrogen (secondary N) is 2. The molecule has 5 heteroatoms. The Bertz CT molecular complexity index is 647. The van der Waals surface area contributed by atoms with E-state index in [-0.39, 0.29) is 5.54 Å². The fourth-order valence-corrected chi connectivity index (χ4v) is 2.28. The third-order valence-corrected chi connectivity index (χ3v) is 3.64. The minimum absolute atomic E-state index is 0.0368. The Morgan fingerprint density at radius 1 is 1.00 bits per heavy atom. The molecule has 21 heavy (non-hydrogen) atoms. The molecule has 0 radical (unpaired) electrons. The van der Waals surface area contributed by atoms with Gasteiger partial charge in [-0.25, -0.2) is 9.97 Å². The summed E-state index contributed by atoms with van der Waals surface area (Å²) in [6, 6.07) is 8.07. The van der Waals surface area contributed by atoms with Crippen molar-refractivity contribution in [2.75, 3.05) is 10.6 Å². The van der Waals surface area contributed by atoms with Gasteiger partial charge in [-0.05, 0) is 52.3 Å². The molecular weight excluding hydrogens is 328 g/mol. The van der Waals surface area contributed by atoms with Crippen LogP contribution in [0.3, 0.4) is 0 Å². The Balaban J connectivity index is 2.25. The molecule has 2 N–H and O–H groups in total. The van der Waals surface area contributed by atoms with Crippen LogP contribution in [0, 0.1) is 13.8 Å². The van der Waals surface area contributed by atoms with Crippen LogP contribution in [0.1, 0.15) is 32.2 Å². The van der Waals surface area contributed by atoms with Crippen molar-refractivity contribution < 1.29 is 0 Å². The maximum Gasteiger partial charge on any atom is 0.136 e. The molecule has 0 unspecified atom stereocenters. The topological polar surface area (TPSA) is 49.8 Å². The molecule has 1 aromatic carbocycles. The van der Waals surface area contributed by atoms with Crippen LogP contribution < -0.4 is 10.6 Å². The lowest BCUT2D eigenvalue weighted by molar-refractivity contribution is 0.629. The van der Waals surface area contributed by atoms with Gasteiger partial charge in [0.25, 0.3) is 0 Å². The van der Waals surface area contributed by atoms with Gasteiger partial charge in [-0.3, -0.25) is 0 Å². The third-order valence-electron chi connectivity index (χ3n) is 2.79. The molecule has 0 atom stereocenters. The predicted octanol–water partition coefficient (Wildman–Crippen LogP) is 4.81. The zero-order valence-electron chi connectivity index (χ0n) is 13.1. The van der Waals surface area contributed by atoms with E-state index in [1.807, 2.05) is 25.1 Å². The minimum atomic E-state index is -0.0368. The monoisotopic (exact) mass is 348 g/mol. The van der Waals surface area contributed by atoms with Crippen LogP contribution in [-0.2, 0) is 0 Å². The second-order valence-electron chi connectivity index (χ2n) is 6.15. The van der Waals surface area contributed by atoms with Gasteiger partial charge in [-0.15, -0.1) is 0 Å². The van der Waals surface area contributed by atoms with Gasteiger partial charge in [-0.2, -0.15) is 0 Å². The largest absolute Gasteiger partial charge is 0.365 e. The molecule has 0 amide bonds. The summed E-state index contributed by atoms with van der Waals surface area (Å²) in [5.74, 6) is 2.34. The van der Waals surface area contributed by atoms with Crippen molar-refractivity contribution >= 4 is 33.3 Å². The van der Waals surface area contributed by atoms with Gasteiger partial charge >= 0.3 is 0 Å². The van der Waals surface area contributed by atoms with Gasteiger partial charge in [0.2, 0.25) is 0 Å². The average Bonchev–Trinajstić information content (AvgIpc) is 2.31. The van der Waals surface area contributed by atoms with Crippen LogP contribution in [0.4, 0.5) is 17.3 Å². The normalized spacial score (nSPS) is 11.3. The summed E-state index contributed by atoms with van der Waals surface area (Å²) in [6.07, 6.45) is 0. The average molecular weight is 349 g/mol. The van der Waals surface area contributed by atoms with Crippen LogP contribution in [0.5, 0.6) is 0 Å². The molecule has 0 aliphatic heterocycles. The Morgan fingerprint density at radius 3 is 2.29 bits per heavy atom. The number of aryl methyl sites for hydroxylation is 2. The van der Waals surface area contributed by atoms with Crippen molar-refractivity contribution in [3.05, 3.63) is 40.1 Å². The van der Waals surface area contributed by atoms with E-state index in [0.29, 0.717) is 0 Å². The van der Waals surface area contributed by atoms with Gasteiger partial charge in [-0.1, -0.05) is 22.0 Å². The Kier molecular flexibility index (Phi) is 4.52. The first-order valence-electron chi connectivity index (χ1n) is 6.90. The first-order valence-corrected chi connectivity index (χ1v) is 7.69. The van der Waals surface area contributed by atoms with Crippen molar-refractivity contribution in [2.45, 2.75) is 40.2 Å². The highest BCUT2D eigenvalue weighted by atomic mass is 79.9. The summed E-state index contributed by atoms with van der Waals surface area (Å²) in [7, 11) is 0. The minimum Gasteiger partial charge on any atom is -0.365 e. The highest BCUT2D eigenvalue weighted by Gasteiger charge is 2.11.